The highest BCUT2D eigenvalue weighted by Crippen LogP contribution is 2.48. The van der Waals surface area contributed by atoms with E-state index in [0.29, 0.717) is 5.92 Å². The van der Waals surface area contributed by atoms with Crippen molar-refractivity contribution in [1.29, 1.82) is 0 Å². The molecule has 17 heavy (non-hydrogen) atoms. The van der Waals surface area contributed by atoms with Gasteiger partial charge in [-0.3, -0.25) is 0 Å². The first-order valence-electron chi connectivity index (χ1n) is 7.19. The van der Waals surface area contributed by atoms with Gasteiger partial charge in [-0.2, -0.15) is 0 Å². The van der Waals surface area contributed by atoms with Crippen LogP contribution in [0.1, 0.15) is 39.0 Å². The fourth-order valence-corrected chi connectivity index (χ4v) is 4.35. The Morgan fingerprint density at radius 2 is 2.24 bits per heavy atom. The molecule has 3 heteroatoms. The molecule has 0 spiro atoms. The summed E-state index contributed by atoms with van der Waals surface area (Å²) >= 11 is 0. The van der Waals surface area contributed by atoms with E-state index in [1.807, 2.05) is 0 Å². The van der Waals surface area contributed by atoms with Crippen LogP contribution in [0.5, 0.6) is 0 Å². The predicted octanol–water partition coefficient (Wildman–Crippen LogP) is 2.59. The topological polar surface area (TPSA) is 35.8 Å². The molecule has 0 aromatic heterocycles. The Kier molecular flexibility index (Phi) is 3.12. The minimum absolute atomic E-state index is 0.437. The molecule has 3 nitrogen and oxygen atoms in total. The number of rotatable bonds is 2. The minimum Gasteiger partial charge on any atom is -0.411 e. The highest BCUT2D eigenvalue weighted by atomic mass is 16.4. The van der Waals surface area contributed by atoms with Crippen LogP contribution in [-0.2, 0) is 0 Å². The molecule has 1 saturated heterocycles. The maximum atomic E-state index is 8.89. The Hall–Kier alpha value is -0.570. The van der Waals surface area contributed by atoms with Crippen molar-refractivity contribution in [1.82, 2.24) is 4.90 Å². The molecule has 0 amide bonds. The van der Waals surface area contributed by atoms with Gasteiger partial charge in [-0.05, 0) is 37.0 Å². The smallest absolute Gasteiger partial charge is 0.0624 e. The number of hydrogen-bond donors (Lipinski definition) is 1. The van der Waals surface area contributed by atoms with Gasteiger partial charge in [-0.15, -0.1) is 0 Å². The van der Waals surface area contributed by atoms with E-state index in [1.165, 1.54) is 32.2 Å². The molecule has 3 aliphatic rings. The quantitative estimate of drug-likeness (QED) is 0.591. The van der Waals surface area contributed by atoms with Crippen molar-refractivity contribution in [3.8, 4) is 0 Å². The molecular weight excluding hydrogens is 212 g/mol. The van der Waals surface area contributed by atoms with E-state index < -0.39 is 0 Å². The van der Waals surface area contributed by atoms with E-state index in [-0.39, 0.29) is 0 Å². The van der Waals surface area contributed by atoms with Crippen LogP contribution >= 0.6 is 0 Å². The van der Waals surface area contributed by atoms with Crippen molar-refractivity contribution in [2.75, 3.05) is 19.6 Å². The lowest BCUT2D eigenvalue weighted by atomic mass is 9.87. The van der Waals surface area contributed by atoms with Gasteiger partial charge in [0.15, 0.2) is 0 Å². The third-order valence-electron chi connectivity index (χ3n) is 5.29. The summed E-state index contributed by atoms with van der Waals surface area (Å²) < 4.78 is 0. The van der Waals surface area contributed by atoms with Crippen molar-refractivity contribution in [2.24, 2.45) is 28.8 Å². The Morgan fingerprint density at radius 3 is 2.82 bits per heavy atom. The Bertz CT molecular complexity index is 315. The van der Waals surface area contributed by atoms with E-state index in [9.17, 15) is 0 Å². The van der Waals surface area contributed by atoms with Gasteiger partial charge in [-0.1, -0.05) is 18.5 Å². The van der Waals surface area contributed by atoms with Crippen LogP contribution in [0.4, 0.5) is 0 Å². The molecule has 2 saturated carbocycles. The molecule has 96 valence electrons. The van der Waals surface area contributed by atoms with Gasteiger partial charge in [-0.25, -0.2) is 0 Å². The summed E-state index contributed by atoms with van der Waals surface area (Å²) in [6.45, 7) is 5.66. The van der Waals surface area contributed by atoms with Crippen LogP contribution in [0.15, 0.2) is 5.16 Å². The van der Waals surface area contributed by atoms with Crippen molar-refractivity contribution in [3.05, 3.63) is 0 Å². The van der Waals surface area contributed by atoms with E-state index >= 15 is 0 Å². The molecular formula is C14H24N2O. The second kappa shape index (κ2) is 4.60. The molecule has 1 aliphatic heterocycles. The standard InChI is InChI=1S/C14H24N2O/c1-10-8-16(5-4-14(10)15-17)9-13-7-11-2-3-12(13)6-11/h10-13,17H,2-9H2,1H3. The summed E-state index contributed by atoms with van der Waals surface area (Å²) in [6, 6.07) is 0. The van der Waals surface area contributed by atoms with Crippen molar-refractivity contribution < 1.29 is 5.21 Å². The third kappa shape index (κ3) is 2.22. The number of likely N-dealkylation sites (tertiary alicyclic amines) is 1. The van der Waals surface area contributed by atoms with Crippen LogP contribution in [0, 0.1) is 23.7 Å². The highest BCUT2D eigenvalue weighted by Gasteiger charge is 2.40. The van der Waals surface area contributed by atoms with Crippen LogP contribution in [0.3, 0.4) is 0 Å². The molecule has 0 aromatic carbocycles. The summed E-state index contributed by atoms with van der Waals surface area (Å²) in [5.74, 6) is 3.49. The van der Waals surface area contributed by atoms with Crippen LogP contribution in [0.2, 0.25) is 0 Å². The van der Waals surface area contributed by atoms with Crippen molar-refractivity contribution in [3.63, 3.8) is 0 Å². The Morgan fingerprint density at radius 1 is 1.35 bits per heavy atom. The fraction of sp³-hybridized carbons (Fsp3) is 0.929. The molecule has 2 bridgehead atoms. The SMILES string of the molecule is CC1CN(CC2CC3CCC2C3)CCC1=NO. The first-order chi connectivity index (χ1) is 8.26. The van der Waals surface area contributed by atoms with Crippen LogP contribution < -0.4 is 0 Å². The monoisotopic (exact) mass is 236 g/mol. The van der Waals surface area contributed by atoms with Gasteiger partial charge in [0, 0.05) is 32.0 Å². The maximum Gasteiger partial charge on any atom is 0.0624 e. The predicted molar refractivity (Wildman–Crippen MR) is 68.4 cm³/mol. The normalized spacial score (nSPS) is 44.6. The van der Waals surface area contributed by atoms with E-state index in [0.717, 1.165) is 43.0 Å². The summed E-state index contributed by atoms with van der Waals surface area (Å²) in [7, 11) is 0. The fourth-order valence-electron chi connectivity index (χ4n) is 4.35. The molecule has 4 atom stereocenters. The molecule has 0 radical (unpaired) electrons. The zero-order valence-corrected chi connectivity index (χ0v) is 10.8. The largest absolute Gasteiger partial charge is 0.411 e. The van der Waals surface area contributed by atoms with Gasteiger partial charge in [0.05, 0.1) is 5.71 Å². The number of nitrogens with zero attached hydrogens (tertiary/aromatic N) is 2. The molecule has 3 rings (SSSR count). The van der Waals surface area contributed by atoms with Gasteiger partial charge < -0.3 is 10.1 Å². The lowest BCUT2D eigenvalue weighted by Crippen LogP contribution is -2.42. The van der Waals surface area contributed by atoms with E-state index in [2.05, 4.69) is 17.0 Å². The first-order valence-corrected chi connectivity index (χ1v) is 7.19. The number of hydrogen-bond acceptors (Lipinski definition) is 3. The van der Waals surface area contributed by atoms with Crippen molar-refractivity contribution in [2.45, 2.75) is 39.0 Å². The minimum atomic E-state index is 0.437. The number of piperidine rings is 1. The van der Waals surface area contributed by atoms with Gasteiger partial charge in [0.1, 0.15) is 0 Å². The zero-order chi connectivity index (χ0) is 11.8. The molecule has 1 heterocycles. The van der Waals surface area contributed by atoms with Gasteiger partial charge in [0.25, 0.3) is 0 Å². The average molecular weight is 236 g/mol. The Balaban J connectivity index is 1.53. The van der Waals surface area contributed by atoms with Crippen LogP contribution in [0.25, 0.3) is 0 Å². The second-order valence-corrected chi connectivity index (χ2v) is 6.44. The average Bonchev–Trinajstić information content (AvgIpc) is 2.91. The Labute approximate surface area is 104 Å². The first kappa shape index (κ1) is 11.5. The van der Waals surface area contributed by atoms with Gasteiger partial charge >= 0.3 is 0 Å². The summed E-state index contributed by atoms with van der Waals surface area (Å²) in [5, 5.41) is 12.3. The molecule has 4 unspecified atom stereocenters. The van der Waals surface area contributed by atoms with Crippen molar-refractivity contribution >= 4 is 5.71 Å². The number of oxime groups is 1. The van der Waals surface area contributed by atoms with Gasteiger partial charge in [0.2, 0.25) is 0 Å². The van der Waals surface area contributed by atoms with E-state index in [4.69, 9.17) is 5.21 Å². The summed E-state index contributed by atoms with van der Waals surface area (Å²) in [5.41, 5.74) is 0.995. The lowest BCUT2D eigenvalue weighted by Gasteiger charge is -2.35. The summed E-state index contributed by atoms with van der Waals surface area (Å²) in [6.07, 6.45) is 6.94. The van der Waals surface area contributed by atoms with Crippen LogP contribution in [-0.4, -0.2) is 35.5 Å². The third-order valence-corrected chi connectivity index (χ3v) is 5.29. The molecule has 1 N–H and O–H groups in total. The van der Waals surface area contributed by atoms with E-state index in [1.54, 1.807) is 0 Å². The summed E-state index contributed by atoms with van der Waals surface area (Å²) in [4.78, 5) is 2.60. The maximum absolute atomic E-state index is 8.89. The number of fused-ring (bicyclic) bond motifs is 2. The lowest BCUT2D eigenvalue weighted by molar-refractivity contribution is 0.172. The second-order valence-electron chi connectivity index (χ2n) is 6.44. The molecule has 2 aliphatic carbocycles. The zero-order valence-electron chi connectivity index (χ0n) is 10.8. The highest BCUT2D eigenvalue weighted by molar-refractivity contribution is 5.86. The molecule has 0 aromatic rings. The molecule has 3 fully saturated rings.